The van der Waals surface area contributed by atoms with Gasteiger partial charge in [-0.15, -0.1) is 0 Å². The van der Waals surface area contributed by atoms with Crippen LogP contribution in [-0.2, 0) is 4.79 Å². The molecule has 3 aromatic rings. The number of para-hydroxylation sites is 1. The zero-order chi connectivity index (χ0) is 23.6. The number of rotatable bonds is 8. The van der Waals surface area contributed by atoms with Crippen molar-refractivity contribution in [2.45, 2.75) is 6.61 Å². The Hall–Kier alpha value is -4.40. The number of halogens is 2. The Morgan fingerprint density at radius 3 is 2.03 bits per heavy atom. The van der Waals surface area contributed by atoms with E-state index in [4.69, 9.17) is 4.74 Å². The number of alkyl halides is 2. The highest BCUT2D eigenvalue weighted by Crippen LogP contribution is 2.29. The van der Waals surface area contributed by atoms with Crippen LogP contribution in [0.5, 0.6) is 11.5 Å². The number of carbonyl (C=O) groups is 2. The smallest absolute Gasteiger partial charge is 0.387 e. The molecule has 0 aliphatic carbocycles. The van der Waals surface area contributed by atoms with Crippen molar-refractivity contribution in [3.8, 4) is 11.5 Å². The molecule has 0 radical (unpaired) electrons. The number of amides is 3. The maximum atomic E-state index is 12.4. The number of anilines is 3. The van der Waals surface area contributed by atoms with E-state index in [1.54, 1.807) is 36.4 Å². The number of ether oxygens (including phenoxy) is 2. The van der Waals surface area contributed by atoms with Crippen LogP contribution in [0.4, 0.5) is 30.6 Å². The quantitative estimate of drug-likeness (QED) is 0.388. The molecule has 0 aromatic heterocycles. The second-order valence-electron chi connectivity index (χ2n) is 6.63. The van der Waals surface area contributed by atoms with Crippen LogP contribution in [0.2, 0.25) is 0 Å². The van der Waals surface area contributed by atoms with Gasteiger partial charge < -0.3 is 25.4 Å². The normalized spacial score (nSPS) is 10.7. The van der Waals surface area contributed by atoms with Gasteiger partial charge in [-0.25, -0.2) is 4.79 Å². The van der Waals surface area contributed by atoms with E-state index in [1.165, 1.54) is 37.5 Å². The van der Waals surface area contributed by atoms with Crippen molar-refractivity contribution in [3.05, 3.63) is 84.4 Å². The van der Waals surface area contributed by atoms with E-state index in [0.29, 0.717) is 22.6 Å². The van der Waals surface area contributed by atoms with Crippen LogP contribution < -0.4 is 25.4 Å². The van der Waals surface area contributed by atoms with Crippen molar-refractivity contribution in [1.82, 2.24) is 0 Å². The van der Waals surface area contributed by atoms with Gasteiger partial charge in [0.15, 0.2) is 11.5 Å². The lowest BCUT2D eigenvalue weighted by molar-refractivity contribution is -0.111. The molecule has 0 heterocycles. The lowest BCUT2D eigenvalue weighted by Crippen LogP contribution is -2.19. The van der Waals surface area contributed by atoms with Gasteiger partial charge in [-0.05, 0) is 60.2 Å². The minimum Gasteiger partial charge on any atom is -0.493 e. The van der Waals surface area contributed by atoms with Gasteiger partial charge in [-0.1, -0.05) is 24.3 Å². The molecule has 33 heavy (non-hydrogen) atoms. The zero-order valence-corrected chi connectivity index (χ0v) is 17.5. The van der Waals surface area contributed by atoms with Crippen molar-refractivity contribution >= 4 is 35.1 Å². The van der Waals surface area contributed by atoms with E-state index < -0.39 is 12.5 Å². The van der Waals surface area contributed by atoms with Crippen LogP contribution in [0.1, 0.15) is 5.56 Å². The highest BCUT2D eigenvalue weighted by molar-refractivity contribution is 6.02. The third kappa shape index (κ3) is 7.35. The molecule has 0 spiro atoms. The Morgan fingerprint density at radius 1 is 0.818 bits per heavy atom. The summed E-state index contributed by atoms with van der Waals surface area (Å²) < 4.78 is 34.2. The first-order valence-corrected chi connectivity index (χ1v) is 9.78. The summed E-state index contributed by atoms with van der Waals surface area (Å²) >= 11 is 0. The van der Waals surface area contributed by atoms with Crippen LogP contribution >= 0.6 is 0 Å². The van der Waals surface area contributed by atoms with E-state index in [9.17, 15) is 18.4 Å². The van der Waals surface area contributed by atoms with Gasteiger partial charge in [0, 0.05) is 23.1 Å². The van der Waals surface area contributed by atoms with Crippen molar-refractivity contribution in [2.24, 2.45) is 0 Å². The molecule has 3 rings (SSSR count). The average molecular weight is 453 g/mol. The summed E-state index contributed by atoms with van der Waals surface area (Å²) in [6, 6.07) is 19.5. The molecule has 3 amide bonds. The number of benzene rings is 3. The number of hydrogen-bond acceptors (Lipinski definition) is 4. The van der Waals surface area contributed by atoms with Crippen LogP contribution in [0, 0.1) is 0 Å². The third-order valence-electron chi connectivity index (χ3n) is 4.27. The molecule has 0 fully saturated rings. The van der Waals surface area contributed by atoms with Gasteiger partial charge >= 0.3 is 12.6 Å². The Balaban J connectivity index is 1.54. The summed E-state index contributed by atoms with van der Waals surface area (Å²) in [6.07, 6.45) is 2.80. The Morgan fingerprint density at radius 2 is 1.42 bits per heavy atom. The van der Waals surface area contributed by atoms with Gasteiger partial charge in [0.25, 0.3) is 0 Å². The predicted molar refractivity (Wildman–Crippen MR) is 123 cm³/mol. The first kappa shape index (κ1) is 23.3. The maximum Gasteiger partial charge on any atom is 0.387 e. The molecule has 0 unspecified atom stereocenters. The lowest BCUT2D eigenvalue weighted by atomic mass is 10.2. The highest BCUT2D eigenvalue weighted by atomic mass is 19.3. The van der Waals surface area contributed by atoms with Gasteiger partial charge in [0.05, 0.1) is 7.11 Å². The van der Waals surface area contributed by atoms with Crippen molar-refractivity contribution < 1.29 is 27.8 Å². The predicted octanol–water partition coefficient (Wildman–Crippen LogP) is 5.59. The SMILES string of the molecule is COc1cc(/C=C/C(=O)Nc2ccc(NC(=O)Nc3ccccc3)cc2)ccc1OC(F)F. The second kappa shape index (κ2) is 11.3. The van der Waals surface area contributed by atoms with Gasteiger partial charge in [-0.3, -0.25) is 4.79 Å². The monoisotopic (exact) mass is 453 g/mol. The lowest BCUT2D eigenvalue weighted by Gasteiger charge is -2.10. The van der Waals surface area contributed by atoms with Gasteiger partial charge in [0.2, 0.25) is 5.91 Å². The summed E-state index contributed by atoms with van der Waals surface area (Å²) in [5.41, 5.74) is 2.30. The molecule has 7 nitrogen and oxygen atoms in total. The molecule has 170 valence electrons. The minimum atomic E-state index is -2.97. The molecule has 0 bridgehead atoms. The second-order valence-corrected chi connectivity index (χ2v) is 6.63. The topological polar surface area (TPSA) is 88.7 Å². The number of urea groups is 1. The summed E-state index contributed by atoms with van der Waals surface area (Å²) in [6.45, 7) is -2.97. The molecule has 0 saturated heterocycles. The fourth-order valence-electron chi connectivity index (χ4n) is 2.79. The zero-order valence-electron chi connectivity index (χ0n) is 17.5. The molecule has 9 heteroatoms. The fourth-order valence-corrected chi connectivity index (χ4v) is 2.79. The molecular weight excluding hydrogens is 432 g/mol. The average Bonchev–Trinajstić information content (AvgIpc) is 2.80. The van der Waals surface area contributed by atoms with E-state index >= 15 is 0 Å². The van der Waals surface area contributed by atoms with Crippen molar-refractivity contribution in [1.29, 1.82) is 0 Å². The van der Waals surface area contributed by atoms with Crippen LogP contribution in [0.15, 0.2) is 78.9 Å². The van der Waals surface area contributed by atoms with Crippen LogP contribution in [0.25, 0.3) is 6.08 Å². The Bertz CT molecular complexity index is 1120. The number of hydrogen-bond donors (Lipinski definition) is 3. The number of nitrogens with one attached hydrogen (secondary N) is 3. The summed E-state index contributed by atoms with van der Waals surface area (Å²) in [4.78, 5) is 24.2. The summed E-state index contributed by atoms with van der Waals surface area (Å²) in [7, 11) is 1.33. The number of carbonyl (C=O) groups excluding carboxylic acids is 2. The van der Waals surface area contributed by atoms with Crippen LogP contribution in [-0.4, -0.2) is 25.7 Å². The maximum absolute atomic E-state index is 12.4. The van der Waals surface area contributed by atoms with Crippen molar-refractivity contribution in [3.63, 3.8) is 0 Å². The standard InChI is InChI=1S/C24H21F2N3O4/c1-32-21-15-16(7-13-20(21)33-23(25)26)8-14-22(30)27-18-9-11-19(12-10-18)29-24(31)28-17-5-3-2-4-6-17/h2-15,23H,1H3,(H,27,30)(H2,28,29,31)/b14-8+. The molecule has 0 saturated carbocycles. The molecule has 3 N–H and O–H groups in total. The Labute approximate surface area is 189 Å². The largest absolute Gasteiger partial charge is 0.493 e. The van der Waals surface area contributed by atoms with E-state index in [0.717, 1.165) is 0 Å². The molecule has 0 atom stereocenters. The molecule has 3 aromatic carbocycles. The van der Waals surface area contributed by atoms with Crippen LogP contribution in [0.3, 0.4) is 0 Å². The summed E-state index contributed by atoms with van der Waals surface area (Å²) in [5, 5.41) is 8.10. The molecule has 0 aliphatic rings. The van der Waals surface area contributed by atoms with E-state index in [1.807, 2.05) is 18.2 Å². The highest BCUT2D eigenvalue weighted by Gasteiger charge is 2.10. The molecular formula is C24H21F2N3O4. The minimum absolute atomic E-state index is 0.0970. The Kier molecular flexibility index (Phi) is 7.96. The summed E-state index contributed by atoms with van der Waals surface area (Å²) in [5.74, 6) is -0.373. The number of methoxy groups -OCH3 is 1. The third-order valence-corrected chi connectivity index (χ3v) is 4.27. The van der Waals surface area contributed by atoms with Crippen molar-refractivity contribution in [2.75, 3.05) is 23.1 Å². The van der Waals surface area contributed by atoms with E-state index in [2.05, 4.69) is 20.7 Å². The first-order valence-electron chi connectivity index (χ1n) is 9.78. The van der Waals surface area contributed by atoms with Gasteiger partial charge in [0.1, 0.15) is 0 Å². The molecule has 0 aliphatic heterocycles. The van der Waals surface area contributed by atoms with Gasteiger partial charge in [-0.2, -0.15) is 8.78 Å². The first-order chi connectivity index (χ1) is 15.9. The fraction of sp³-hybridized carbons (Fsp3) is 0.0833. The van der Waals surface area contributed by atoms with E-state index in [-0.39, 0.29) is 17.5 Å².